The molecule has 0 saturated heterocycles. The van der Waals surface area contributed by atoms with Gasteiger partial charge in [-0.1, -0.05) is 19.1 Å². The van der Waals surface area contributed by atoms with E-state index in [-0.39, 0.29) is 17.8 Å². The van der Waals surface area contributed by atoms with Crippen LogP contribution < -0.4 is 14.8 Å². The zero-order valence-electron chi connectivity index (χ0n) is 14.1. The highest BCUT2D eigenvalue weighted by atomic mass is 19.1. The van der Waals surface area contributed by atoms with Crippen molar-refractivity contribution in [3.8, 4) is 11.5 Å². The molecular weight excluding hydrogens is 309 g/mol. The maximum atomic E-state index is 12.9. The molecule has 0 bridgehead atoms. The fraction of sp³-hybridized carbons (Fsp3) is 0.316. The molecule has 2 atom stereocenters. The van der Waals surface area contributed by atoms with Gasteiger partial charge in [0.15, 0.2) is 6.10 Å². The van der Waals surface area contributed by atoms with Crippen LogP contribution in [-0.2, 0) is 4.79 Å². The number of nitrogens with one attached hydrogen (secondary N) is 1. The topological polar surface area (TPSA) is 47.6 Å². The van der Waals surface area contributed by atoms with Crippen LogP contribution in [0.15, 0.2) is 48.5 Å². The van der Waals surface area contributed by atoms with Gasteiger partial charge in [0.05, 0.1) is 13.2 Å². The van der Waals surface area contributed by atoms with Crippen molar-refractivity contribution >= 4 is 5.91 Å². The Morgan fingerprint density at radius 3 is 2.21 bits per heavy atom. The van der Waals surface area contributed by atoms with Gasteiger partial charge in [0.25, 0.3) is 5.91 Å². The quantitative estimate of drug-likeness (QED) is 0.838. The van der Waals surface area contributed by atoms with Gasteiger partial charge in [-0.25, -0.2) is 4.39 Å². The highest BCUT2D eigenvalue weighted by Gasteiger charge is 2.19. The average Bonchev–Trinajstić information content (AvgIpc) is 2.61. The van der Waals surface area contributed by atoms with E-state index in [1.165, 1.54) is 24.3 Å². The van der Waals surface area contributed by atoms with E-state index >= 15 is 0 Å². The zero-order valence-corrected chi connectivity index (χ0v) is 14.1. The summed E-state index contributed by atoms with van der Waals surface area (Å²) < 4.78 is 23.6. The minimum absolute atomic E-state index is 0.109. The molecule has 0 saturated carbocycles. The van der Waals surface area contributed by atoms with Crippen molar-refractivity contribution in [2.24, 2.45) is 0 Å². The molecule has 24 heavy (non-hydrogen) atoms. The van der Waals surface area contributed by atoms with E-state index in [2.05, 4.69) is 5.32 Å². The summed E-state index contributed by atoms with van der Waals surface area (Å²) in [5, 5.41) is 2.97. The summed E-state index contributed by atoms with van der Waals surface area (Å²) in [4.78, 5) is 12.3. The third kappa shape index (κ3) is 4.72. The van der Waals surface area contributed by atoms with Gasteiger partial charge in [-0.3, -0.25) is 4.79 Å². The van der Waals surface area contributed by atoms with Crippen LogP contribution in [-0.4, -0.2) is 19.1 Å². The molecule has 0 heterocycles. The molecule has 0 spiro atoms. The van der Waals surface area contributed by atoms with Gasteiger partial charge in [-0.15, -0.1) is 0 Å². The van der Waals surface area contributed by atoms with Gasteiger partial charge in [0.1, 0.15) is 17.3 Å². The number of hydrogen-bond acceptors (Lipinski definition) is 3. The highest BCUT2D eigenvalue weighted by molar-refractivity contribution is 5.81. The molecule has 0 unspecified atom stereocenters. The van der Waals surface area contributed by atoms with Crippen molar-refractivity contribution in [2.45, 2.75) is 32.4 Å². The number of hydrogen-bond donors (Lipinski definition) is 1. The van der Waals surface area contributed by atoms with Crippen LogP contribution in [0.4, 0.5) is 4.39 Å². The summed E-state index contributed by atoms with van der Waals surface area (Å²) in [7, 11) is 1.61. The fourth-order valence-corrected chi connectivity index (χ4v) is 2.32. The maximum absolute atomic E-state index is 12.9. The van der Waals surface area contributed by atoms with Crippen LogP contribution in [0.25, 0.3) is 0 Å². The Hall–Kier alpha value is -2.56. The molecular formula is C19H22FNO3. The third-order valence-electron chi connectivity index (χ3n) is 3.74. The van der Waals surface area contributed by atoms with Crippen LogP contribution in [0.2, 0.25) is 0 Å². The maximum Gasteiger partial charge on any atom is 0.261 e. The van der Waals surface area contributed by atoms with Gasteiger partial charge in [-0.2, -0.15) is 0 Å². The lowest BCUT2D eigenvalue weighted by molar-refractivity contribution is -0.128. The lowest BCUT2D eigenvalue weighted by atomic mass is 10.0. The normalized spacial score (nSPS) is 13.0. The number of amides is 1. The smallest absolute Gasteiger partial charge is 0.261 e. The second-order valence-electron chi connectivity index (χ2n) is 5.46. The van der Waals surface area contributed by atoms with Crippen molar-refractivity contribution in [1.82, 2.24) is 5.32 Å². The Labute approximate surface area is 141 Å². The number of carbonyl (C=O) groups is 1. The molecule has 0 aliphatic carbocycles. The predicted octanol–water partition coefficient (Wildman–Crippen LogP) is 3.87. The lowest BCUT2D eigenvalue weighted by Crippen LogP contribution is -2.38. The average molecular weight is 331 g/mol. The Kier molecular flexibility index (Phi) is 6.18. The molecule has 2 aromatic rings. The number of rotatable bonds is 7. The molecule has 5 heteroatoms. The molecule has 2 rings (SSSR count). The summed E-state index contributed by atoms with van der Waals surface area (Å²) in [5.74, 6) is 0.663. The monoisotopic (exact) mass is 331 g/mol. The zero-order chi connectivity index (χ0) is 17.5. The number of carbonyl (C=O) groups excluding carboxylic acids is 1. The summed E-state index contributed by atoms with van der Waals surface area (Å²) >= 11 is 0. The molecule has 4 nitrogen and oxygen atoms in total. The Morgan fingerprint density at radius 1 is 1.08 bits per heavy atom. The van der Waals surface area contributed by atoms with Crippen LogP contribution in [0.5, 0.6) is 11.5 Å². The molecule has 2 aromatic carbocycles. The second-order valence-corrected chi connectivity index (χ2v) is 5.46. The molecule has 0 aromatic heterocycles. The largest absolute Gasteiger partial charge is 0.497 e. The first-order chi connectivity index (χ1) is 11.5. The molecule has 0 radical (unpaired) electrons. The first kappa shape index (κ1) is 17.8. The first-order valence-corrected chi connectivity index (χ1v) is 7.90. The highest BCUT2D eigenvalue weighted by Crippen LogP contribution is 2.20. The van der Waals surface area contributed by atoms with E-state index in [1.54, 1.807) is 14.0 Å². The summed E-state index contributed by atoms with van der Waals surface area (Å²) in [6, 6.07) is 13.1. The van der Waals surface area contributed by atoms with Crippen LogP contribution in [0.1, 0.15) is 31.9 Å². The summed E-state index contributed by atoms with van der Waals surface area (Å²) in [6.07, 6.45) is 0.0733. The Morgan fingerprint density at radius 2 is 1.67 bits per heavy atom. The number of halogens is 1. The van der Waals surface area contributed by atoms with E-state index in [1.807, 2.05) is 31.2 Å². The van der Waals surface area contributed by atoms with Crippen LogP contribution >= 0.6 is 0 Å². The molecule has 1 amide bonds. The van der Waals surface area contributed by atoms with E-state index in [4.69, 9.17) is 9.47 Å². The predicted molar refractivity (Wildman–Crippen MR) is 90.7 cm³/mol. The molecule has 0 fully saturated rings. The van der Waals surface area contributed by atoms with E-state index < -0.39 is 6.10 Å². The summed E-state index contributed by atoms with van der Waals surface area (Å²) in [6.45, 7) is 3.67. The van der Waals surface area contributed by atoms with Gasteiger partial charge >= 0.3 is 0 Å². The minimum atomic E-state index is -0.678. The number of methoxy groups -OCH3 is 1. The van der Waals surface area contributed by atoms with Crippen molar-refractivity contribution < 1.29 is 18.7 Å². The van der Waals surface area contributed by atoms with Crippen molar-refractivity contribution in [1.29, 1.82) is 0 Å². The fourth-order valence-electron chi connectivity index (χ4n) is 2.32. The molecule has 128 valence electrons. The standard InChI is InChI=1S/C19H22FNO3/c1-4-18(14-5-9-16(23-3)10-6-14)21-19(22)13(2)24-17-11-7-15(20)8-12-17/h5-13,18H,4H2,1-3H3,(H,21,22)/t13-,18-/m0/s1. The van der Waals surface area contributed by atoms with Gasteiger partial charge in [0, 0.05) is 0 Å². The SMILES string of the molecule is CC[C@H](NC(=O)[C@H](C)Oc1ccc(F)cc1)c1ccc(OC)cc1. The van der Waals surface area contributed by atoms with E-state index in [0.29, 0.717) is 5.75 Å². The second kappa shape index (κ2) is 8.34. The summed E-state index contributed by atoms with van der Waals surface area (Å²) in [5.41, 5.74) is 1.00. The number of ether oxygens (including phenoxy) is 2. The van der Waals surface area contributed by atoms with E-state index in [9.17, 15) is 9.18 Å². The number of benzene rings is 2. The van der Waals surface area contributed by atoms with Crippen LogP contribution in [0, 0.1) is 5.82 Å². The van der Waals surface area contributed by atoms with E-state index in [0.717, 1.165) is 17.7 Å². The Balaban J connectivity index is 1.98. The van der Waals surface area contributed by atoms with Crippen molar-refractivity contribution in [2.75, 3.05) is 7.11 Å². The van der Waals surface area contributed by atoms with Gasteiger partial charge in [-0.05, 0) is 55.3 Å². The first-order valence-electron chi connectivity index (χ1n) is 7.90. The lowest BCUT2D eigenvalue weighted by Gasteiger charge is -2.21. The minimum Gasteiger partial charge on any atom is -0.497 e. The van der Waals surface area contributed by atoms with Crippen molar-refractivity contribution in [3.63, 3.8) is 0 Å². The third-order valence-corrected chi connectivity index (χ3v) is 3.74. The van der Waals surface area contributed by atoms with Crippen LogP contribution in [0.3, 0.4) is 0 Å². The molecule has 0 aliphatic rings. The Bertz CT molecular complexity index is 655. The molecule has 0 aliphatic heterocycles. The van der Waals surface area contributed by atoms with Gasteiger partial charge in [0.2, 0.25) is 0 Å². The molecule has 1 N–H and O–H groups in total. The van der Waals surface area contributed by atoms with Gasteiger partial charge < -0.3 is 14.8 Å². The van der Waals surface area contributed by atoms with Crippen molar-refractivity contribution in [3.05, 3.63) is 59.9 Å².